The number of hydrogen-bond donors (Lipinski definition) is 1. The van der Waals surface area contributed by atoms with Crippen molar-refractivity contribution in [3.8, 4) is 5.75 Å². The van der Waals surface area contributed by atoms with Crippen molar-refractivity contribution in [2.75, 3.05) is 36.4 Å². The molecule has 4 rings (SSSR count). The Kier molecular flexibility index (Phi) is 9.09. The van der Waals surface area contributed by atoms with Crippen LogP contribution in [0.1, 0.15) is 30.4 Å². The third kappa shape index (κ3) is 6.43. The highest BCUT2D eigenvalue weighted by Gasteiger charge is 2.30. The van der Waals surface area contributed by atoms with E-state index in [1.807, 2.05) is 6.92 Å². The van der Waals surface area contributed by atoms with E-state index in [9.17, 15) is 21.6 Å². The highest BCUT2D eigenvalue weighted by Crippen LogP contribution is 2.32. The zero-order valence-corrected chi connectivity index (χ0v) is 24.9. The van der Waals surface area contributed by atoms with Crippen LogP contribution in [0.3, 0.4) is 0 Å². The number of benzene rings is 3. The number of hydrogen-bond acceptors (Lipinski definition) is 6. The minimum Gasteiger partial charge on any atom is -0.495 e. The summed E-state index contributed by atoms with van der Waals surface area (Å²) in [6.07, 6.45) is 2.51. The smallest absolute Gasteiger partial charge is 0.264 e. The van der Waals surface area contributed by atoms with Gasteiger partial charge in [0.25, 0.3) is 10.0 Å². The number of carbonyl (C=O) groups excluding carboxylic acids is 1. The minimum absolute atomic E-state index is 0.0157. The Balaban J connectivity index is 1.65. The summed E-state index contributed by atoms with van der Waals surface area (Å²) >= 11 is 6.30. The van der Waals surface area contributed by atoms with Crippen molar-refractivity contribution >= 4 is 48.9 Å². The number of sulfonamides is 2. The van der Waals surface area contributed by atoms with Crippen LogP contribution < -0.4 is 14.4 Å². The van der Waals surface area contributed by atoms with Gasteiger partial charge in [-0.1, -0.05) is 41.8 Å². The molecule has 0 atom stereocenters. The molecule has 12 heteroatoms. The molecule has 0 aliphatic carbocycles. The largest absolute Gasteiger partial charge is 0.495 e. The highest BCUT2D eigenvalue weighted by molar-refractivity contribution is 7.92. The van der Waals surface area contributed by atoms with Crippen molar-refractivity contribution in [2.24, 2.45) is 0 Å². The van der Waals surface area contributed by atoms with Crippen LogP contribution in [0, 0.1) is 13.8 Å². The summed E-state index contributed by atoms with van der Waals surface area (Å²) in [5, 5.41) is 3.00. The Morgan fingerprint density at radius 2 is 1.62 bits per heavy atom. The molecule has 214 valence electrons. The second-order valence-electron chi connectivity index (χ2n) is 9.64. The molecule has 3 aromatic carbocycles. The first-order valence-electron chi connectivity index (χ1n) is 12.8. The van der Waals surface area contributed by atoms with E-state index in [-0.39, 0.29) is 26.9 Å². The SMILES string of the molecule is COc1ccc(NC(=O)CN(c2ccc(C)c(Cl)c2)S(=O)(=O)c2ccc(C)cc2)cc1S(=O)(=O)N1CCCCC1. The molecule has 0 bridgehead atoms. The lowest BCUT2D eigenvalue weighted by Gasteiger charge is -2.27. The fourth-order valence-electron chi connectivity index (χ4n) is 4.42. The van der Waals surface area contributed by atoms with Crippen LogP contribution >= 0.6 is 11.6 Å². The number of ether oxygens (including phenoxy) is 1. The molecule has 40 heavy (non-hydrogen) atoms. The van der Waals surface area contributed by atoms with Crippen molar-refractivity contribution in [3.63, 3.8) is 0 Å². The quantitative estimate of drug-likeness (QED) is 0.368. The van der Waals surface area contributed by atoms with Gasteiger partial charge < -0.3 is 10.1 Å². The van der Waals surface area contributed by atoms with Gasteiger partial charge in [-0.25, -0.2) is 16.8 Å². The van der Waals surface area contributed by atoms with Crippen LogP contribution in [0.4, 0.5) is 11.4 Å². The van der Waals surface area contributed by atoms with Crippen molar-refractivity contribution < 1.29 is 26.4 Å². The summed E-state index contributed by atoms with van der Waals surface area (Å²) in [5.41, 5.74) is 2.05. The number of halogens is 1. The van der Waals surface area contributed by atoms with Crippen molar-refractivity contribution in [3.05, 3.63) is 76.8 Å². The van der Waals surface area contributed by atoms with E-state index in [1.54, 1.807) is 31.2 Å². The standard InChI is InChI=1S/C28H32ClN3O6S2/c1-20-7-12-24(13-8-20)39(34,35)32(23-11-9-21(2)25(29)18-23)19-28(33)30-22-10-14-26(38-3)27(17-22)40(36,37)31-15-5-4-6-16-31/h7-14,17-18H,4-6,15-16,19H2,1-3H3,(H,30,33). The number of nitrogens with zero attached hydrogens (tertiary/aromatic N) is 2. The molecule has 1 fully saturated rings. The lowest BCUT2D eigenvalue weighted by atomic mass is 10.2. The van der Waals surface area contributed by atoms with Gasteiger partial charge in [0.05, 0.1) is 17.7 Å². The summed E-state index contributed by atoms with van der Waals surface area (Å²) in [5.74, 6) is -0.514. The fourth-order valence-corrected chi connectivity index (χ4v) is 7.71. The first-order valence-corrected chi connectivity index (χ1v) is 16.0. The molecule has 0 radical (unpaired) electrons. The molecule has 0 unspecified atom stereocenters. The fraction of sp³-hybridized carbons (Fsp3) is 0.321. The van der Waals surface area contributed by atoms with Gasteiger partial charge in [-0.05, 0) is 74.7 Å². The van der Waals surface area contributed by atoms with Crippen LogP contribution in [0.2, 0.25) is 5.02 Å². The maximum atomic E-state index is 13.7. The van der Waals surface area contributed by atoms with E-state index in [0.29, 0.717) is 18.1 Å². The van der Waals surface area contributed by atoms with Crippen molar-refractivity contribution in [2.45, 2.75) is 42.9 Å². The molecule has 1 amide bonds. The first-order chi connectivity index (χ1) is 18.9. The van der Waals surface area contributed by atoms with Crippen LogP contribution in [-0.4, -0.2) is 53.8 Å². The summed E-state index contributed by atoms with van der Waals surface area (Å²) < 4.78 is 61.8. The highest BCUT2D eigenvalue weighted by atomic mass is 35.5. The topological polar surface area (TPSA) is 113 Å². The lowest BCUT2D eigenvalue weighted by Crippen LogP contribution is -2.38. The van der Waals surface area contributed by atoms with Gasteiger partial charge in [-0.2, -0.15) is 4.31 Å². The maximum Gasteiger partial charge on any atom is 0.264 e. The molecule has 0 aromatic heterocycles. The van der Waals surface area contributed by atoms with Gasteiger partial charge in [0, 0.05) is 23.8 Å². The van der Waals surface area contributed by atoms with Crippen LogP contribution in [0.5, 0.6) is 5.75 Å². The van der Waals surface area contributed by atoms with Gasteiger partial charge in [0.1, 0.15) is 17.2 Å². The Morgan fingerprint density at radius 1 is 0.950 bits per heavy atom. The number of anilines is 2. The number of rotatable bonds is 9. The van der Waals surface area contributed by atoms with E-state index in [2.05, 4.69) is 5.32 Å². The molecule has 0 spiro atoms. The molecule has 3 aromatic rings. The Morgan fingerprint density at radius 3 is 2.25 bits per heavy atom. The Hall–Kier alpha value is -3.12. The molecule has 1 aliphatic heterocycles. The number of nitrogens with one attached hydrogen (secondary N) is 1. The van der Waals surface area contributed by atoms with Gasteiger partial charge in [0.2, 0.25) is 15.9 Å². The average Bonchev–Trinajstić information content (AvgIpc) is 2.94. The molecular weight excluding hydrogens is 574 g/mol. The predicted molar refractivity (Wildman–Crippen MR) is 156 cm³/mol. The van der Waals surface area contributed by atoms with Crippen molar-refractivity contribution in [1.82, 2.24) is 4.31 Å². The van der Waals surface area contributed by atoms with E-state index in [1.165, 1.54) is 47.8 Å². The number of aryl methyl sites for hydroxylation is 2. The van der Waals surface area contributed by atoms with Gasteiger partial charge in [-0.3, -0.25) is 9.10 Å². The zero-order chi connectivity index (χ0) is 29.1. The molecular formula is C28H32ClN3O6S2. The lowest BCUT2D eigenvalue weighted by molar-refractivity contribution is -0.114. The predicted octanol–water partition coefficient (Wildman–Crippen LogP) is 4.97. The third-order valence-corrected chi connectivity index (χ3v) is 10.8. The van der Waals surface area contributed by atoms with Gasteiger partial charge >= 0.3 is 0 Å². The maximum absolute atomic E-state index is 13.7. The zero-order valence-electron chi connectivity index (χ0n) is 22.6. The van der Waals surface area contributed by atoms with Crippen LogP contribution in [0.15, 0.2) is 70.5 Å². The number of piperidine rings is 1. The molecule has 0 saturated carbocycles. The average molecular weight is 606 g/mol. The summed E-state index contributed by atoms with van der Waals surface area (Å²) in [6.45, 7) is 3.88. The van der Waals surface area contributed by atoms with E-state index in [0.717, 1.165) is 34.7 Å². The van der Waals surface area contributed by atoms with Crippen LogP contribution in [-0.2, 0) is 24.8 Å². The van der Waals surface area contributed by atoms with Gasteiger partial charge in [0.15, 0.2) is 0 Å². The van der Waals surface area contributed by atoms with E-state index >= 15 is 0 Å². The molecule has 1 saturated heterocycles. The second-order valence-corrected chi connectivity index (χ2v) is 13.8. The minimum atomic E-state index is -4.15. The summed E-state index contributed by atoms with van der Waals surface area (Å²) in [6, 6.07) is 15.4. The molecule has 1 aliphatic rings. The monoisotopic (exact) mass is 605 g/mol. The number of carbonyl (C=O) groups is 1. The Labute approximate surface area is 240 Å². The van der Waals surface area contributed by atoms with Crippen LogP contribution in [0.25, 0.3) is 0 Å². The summed E-state index contributed by atoms with van der Waals surface area (Å²) in [4.78, 5) is 13.2. The number of methoxy groups -OCH3 is 1. The number of amides is 1. The van der Waals surface area contributed by atoms with E-state index in [4.69, 9.17) is 16.3 Å². The molecule has 1 heterocycles. The van der Waals surface area contributed by atoms with Gasteiger partial charge in [-0.15, -0.1) is 0 Å². The first kappa shape index (κ1) is 29.9. The molecule has 1 N–H and O–H groups in total. The second kappa shape index (κ2) is 12.2. The van der Waals surface area contributed by atoms with E-state index < -0.39 is 32.5 Å². The normalized spacial score (nSPS) is 14.5. The van der Waals surface area contributed by atoms with Crippen molar-refractivity contribution in [1.29, 1.82) is 0 Å². The Bertz CT molecular complexity index is 1600. The third-order valence-electron chi connectivity index (χ3n) is 6.72. The summed E-state index contributed by atoms with van der Waals surface area (Å²) in [7, 11) is -6.64. The molecule has 9 nitrogen and oxygen atoms in total.